The molecule has 1 unspecified atom stereocenters. The molecule has 0 bridgehead atoms. The van der Waals surface area contributed by atoms with E-state index in [1.54, 1.807) is 6.07 Å². The molecule has 1 aromatic rings. The minimum atomic E-state index is -0.767. The van der Waals surface area contributed by atoms with E-state index in [2.05, 4.69) is 6.92 Å². The van der Waals surface area contributed by atoms with Gasteiger partial charge in [0, 0.05) is 0 Å². The molecule has 0 aliphatic heterocycles. The van der Waals surface area contributed by atoms with Crippen LogP contribution in [-0.4, -0.2) is 0 Å². The number of hydrogen-bond donors (Lipinski definition) is 0. The number of benzene rings is 1. The third-order valence-electron chi connectivity index (χ3n) is 2.50. The van der Waals surface area contributed by atoms with Crippen molar-refractivity contribution in [2.24, 2.45) is 0 Å². The van der Waals surface area contributed by atoms with E-state index in [1.165, 1.54) is 12.1 Å². The van der Waals surface area contributed by atoms with Crippen LogP contribution in [0.5, 0.6) is 0 Å². The van der Waals surface area contributed by atoms with E-state index >= 15 is 0 Å². The van der Waals surface area contributed by atoms with Crippen LogP contribution in [0, 0.1) is 11.6 Å². The molecular formula is C12H16F2. The normalized spacial score (nSPS) is 12.9. The lowest BCUT2D eigenvalue weighted by atomic mass is 9.95. The Morgan fingerprint density at radius 3 is 2.50 bits per heavy atom. The van der Waals surface area contributed by atoms with Crippen molar-refractivity contribution in [2.45, 2.75) is 39.0 Å². The van der Waals surface area contributed by atoms with Gasteiger partial charge >= 0.3 is 0 Å². The summed E-state index contributed by atoms with van der Waals surface area (Å²) in [5.41, 5.74) is 0.886. The SMILES string of the molecule is CCCCC(C)c1ccc(F)c(F)c1. The highest BCUT2D eigenvalue weighted by atomic mass is 19.2. The zero-order valence-corrected chi connectivity index (χ0v) is 8.69. The number of halogens is 2. The van der Waals surface area contributed by atoms with Gasteiger partial charge in [-0.25, -0.2) is 8.78 Å². The third-order valence-corrected chi connectivity index (χ3v) is 2.50. The minimum absolute atomic E-state index is 0.310. The fourth-order valence-corrected chi connectivity index (χ4v) is 1.50. The van der Waals surface area contributed by atoms with E-state index in [4.69, 9.17) is 0 Å². The molecule has 2 heteroatoms. The summed E-state index contributed by atoms with van der Waals surface area (Å²) in [6, 6.07) is 4.17. The Morgan fingerprint density at radius 2 is 1.93 bits per heavy atom. The Balaban J connectivity index is 2.70. The highest BCUT2D eigenvalue weighted by molar-refractivity contribution is 5.21. The molecule has 0 aromatic heterocycles. The van der Waals surface area contributed by atoms with Crippen molar-refractivity contribution in [2.75, 3.05) is 0 Å². The molecular weight excluding hydrogens is 182 g/mol. The van der Waals surface area contributed by atoms with Crippen LogP contribution in [0.25, 0.3) is 0 Å². The summed E-state index contributed by atoms with van der Waals surface area (Å²) in [4.78, 5) is 0. The van der Waals surface area contributed by atoms with Crippen molar-refractivity contribution >= 4 is 0 Å². The monoisotopic (exact) mass is 198 g/mol. The lowest BCUT2D eigenvalue weighted by Gasteiger charge is -2.11. The van der Waals surface area contributed by atoms with Gasteiger partial charge in [-0.15, -0.1) is 0 Å². The van der Waals surface area contributed by atoms with Crippen LogP contribution in [-0.2, 0) is 0 Å². The molecule has 78 valence electrons. The maximum Gasteiger partial charge on any atom is 0.159 e. The van der Waals surface area contributed by atoms with Crippen LogP contribution in [0.1, 0.15) is 44.6 Å². The highest BCUT2D eigenvalue weighted by Gasteiger charge is 2.08. The first-order valence-electron chi connectivity index (χ1n) is 5.10. The second-order valence-corrected chi connectivity index (χ2v) is 3.72. The van der Waals surface area contributed by atoms with E-state index in [-0.39, 0.29) is 0 Å². The summed E-state index contributed by atoms with van der Waals surface area (Å²) in [6.07, 6.45) is 3.29. The lowest BCUT2D eigenvalue weighted by molar-refractivity contribution is 0.504. The molecule has 0 saturated heterocycles. The summed E-state index contributed by atoms with van der Waals surface area (Å²) in [5, 5.41) is 0. The summed E-state index contributed by atoms with van der Waals surface area (Å²) in [7, 11) is 0. The average Bonchev–Trinajstić information content (AvgIpc) is 2.18. The largest absolute Gasteiger partial charge is 0.204 e. The van der Waals surface area contributed by atoms with Crippen molar-refractivity contribution in [1.82, 2.24) is 0 Å². The first-order chi connectivity index (χ1) is 6.65. The van der Waals surface area contributed by atoms with Gasteiger partial charge < -0.3 is 0 Å². The Hall–Kier alpha value is -0.920. The van der Waals surface area contributed by atoms with E-state index in [0.717, 1.165) is 24.8 Å². The molecule has 1 atom stereocenters. The van der Waals surface area contributed by atoms with Crippen molar-refractivity contribution in [3.05, 3.63) is 35.4 Å². The molecule has 0 heterocycles. The van der Waals surface area contributed by atoms with E-state index in [9.17, 15) is 8.78 Å². The smallest absolute Gasteiger partial charge is 0.159 e. The van der Waals surface area contributed by atoms with Gasteiger partial charge in [0.1, 0.15) is 0 Å². The summed E-state index contributed by atoms with van der Waals surface area (Å²) >= 11 is 0. The second kappa shape index (κ2) is 5.08. The Kier molecular flexibility index (Phi) is 4.05. The quantitative estimate of drug-likeness (QED) is 0.678. The maximum absolute atomic E-state index is 12.9. The predicted octanol–water partition coefficient (Wildman–Crippen LogP) is 4.26. The van der Waals surface area contributed by atoms with Gasteiger partial charge in [0.15, 0.2) is 11.6 Å². The van der Waals surface area contributed by atoms with Crippen LogP contribution >= 0.6 is 0 Å². The van der Waals surface area contributed by atoms with Crippen LogP contribution in [0.15, 0.2) is 18.2 Å². The first kappa shape index (κ1) is 11.2. The molecule has 14 heavy (non-hydrogen) atoms. The van der Waals surface area contributed by atoms with Gasteiger partial charge in [0.25, 0.3) is 0 Å². The van der Waals surface area contributed by atoms with Crippen LogP contribution in [0.3, 0.4) is 0 Å². The van der Waals surface area contributed by atoms with Crippen molar-refractivity contribution in [3.63, 3.8) is 0 Å². The molecule has 0 spiro atoms. The molecule has 0 nitrogen and oxygen atoms in total. The van der Waals surface area contributed by atoms with Gasteiger partial charge in [-0.2, -0.15) is 0 Å². The fraction of sp³-hybridized carbons (Fsp3) is 0.500. The van der Waals surface area contributed by atoms with Crippen molar-refractivity contribution < 1.29 is 8.78 Å². The Labute approximate surface area is 84.0 Å². The molecule has 0 amide bonds. The second-order valence-electron chi connectivity index (χ2n) is 3.72. The summed E-state index contributed by atoms with van der Waals surface area (Å²) in [5.74, 6) is -1.20. The first-order valence-corrected chi connectivity index (χ1v) is 5.10. The zero-order chi connectivity index (χ0) is 10.6. The minimum Gasteiger partial charge on any atom is -0.204 e. The van der Waals surface area contributed by atoms with Crippen LogP contribution < -0.4 is 0 Å². The van der Waals surface area contributed by atoms with E-state index < -0.39 is 11.6 Å². The molecule has 0 aliphatic carbocycles. The molecule has 0 radical (unpaired) electrons. The molecule has 1 aromatic carbocycles. The van der Waals surface area contributed by atoms with Crippen molar-refractivity contribution in [1.29, 1.82) is 0 Å². The summed E-state index contributed by atoms with van der Waals surface area (Å²) in [6.45, 7) is 4.17. The standard InChI is InChI=1S/C12H16F2/c1-3-4-5-9(2)10-6-7-11(13)12(14)8-10/h6-9H,3-5H2,1-2H3. The molecule has 0 N–H and O–H groups in total. The van der Waals surface area contributed by atoms with Gasteiger partial charge in [0.05, 0.1) is 0 Å². The molecule has 0 aliphatic rings. The van der Waals surface area contributed by atoms with Crippen LogP contribution in [0.2, 0.25) is 0 Å². The van der Waals surface area contributed by atoms with Gasteiger partial charge in [-0.1, -0.05) is 32.8 Å². The van der Waals surface area contributed by atoms with E-state index in [0.29, 0.717) is 5.92 Å². The van der Waals surface area contributed by atoms with Crippen molar-refractivity contribution in [3.8, 4) is 0 Å². The maximum atomic E-state index is 12.9. The highest BCUT2D eigenvalue weighted by Crippen LogP contribution is 2.22. The Morgan fingerprint density at radius 1 is 1.21 bits per heavy atom. The number of hydrogen-bond acceptors (Lipinski definition) is 0. The predicted molar refractivity (Wildman–Crippen MR) is 54.3 cm³/mol. The number of unbranched alkanes of at least 4 members (excludes halogenated alkanes) is 1. The third kappa shape index (κ3) is 2.79. The van der Waals surface area contributed by atoms with Gasteiger partial charge in [-0.3, -0.25) is 0 Å². The van der Waals surface area contributed by atoms with Gasteiger partial charge in [0.2, 0.25) is 0 Å². The zero-order valence-electron chi connectivity index (χ0n) is 8.69. The topological polar surface area (TPSA) is 0 Å². The lowest BCUT2D eigenvalue weighted by Crippen LogP contribution is -1.95. The average molecular weight is 198 g/mol. The molecule has 0 fully saturated rings. The summed E-state index contributed by atoms with van der Waals surface area (Å²) < 4.78 is 25.5. The Bertz CT molecular complexity index is 294. The fourth-order valence-electron chi connectivity index (χ4n) is 1.50. The number of rotatable bonds is 4. The molecule has 1 rings (SSSR count). The molecule has 0 saturated carbocycles. The van der Waals surface area contributed by atoms with Crippen LogP contribution in [0.4, 0.5) is 8.78 Å². The van der Waals surface area contributed by atoms with E-state index in [1.807, 2.05) is 6.92 Å². The van der Waals surface area contributed by atoms with Gasteiger partial charge in [-0.05, 0) is 30.0 Å².